The van der Waals surface area contributed by atoms with Gasteiger partial charge in [0.2, 0.25) is 0 Å². The van der Waals surface area contributed by atoms with Crippen LogP contribution in [0.2, 0.25) is 0 Å². The van der Waals surface area contributed by atoms with E-state index in [1.165, 1.54) is 0 Å². The van der Waals surface area contributed by atoms with E-state index in [0.29, 0.717) is 12.3 Å². The fourth-order valence-corrected chi connectivity index (χ4v) is 2.19. The molecule has 2 nitrogen and oxygen atoms in total. The van der Waals surface area contributed by atoms with Crippen molar-refractivity contribution in [1.82, 2.24) is 0 Å². The first kappa shape index (κ1) is 11.8. The predicted molar refractivity (Wildman–Crippen MR) is 66.6 cm³/mol. The lowest BCUT2D eigenvalue weighted by atomic mass is 9.98. The third kappa shape index (κ3) is 3.16. The van der Waals surface area contributed by atoms with Gasteiger partial charge in [0.15, 0.2) is 5.78 Å². The molecule has 0 spiro atoms. The van der Waals surface area contributed by atoms with Gasteiger partial charge < -0.3 is 4.74 Å². The van der Waals surface area contributed by atoms with Crippen molar-refractivity contribution in [2.75, 3.05) is 13.2 Å². The van der Waals surface area contributed by atoms with Crippen molar-refractivity contribution in [3.8, 4) is 0 Å². The third-order valence-electron chi connectivity index (χ3n) is 2.97. The first-order valence-corrected chi connectivity index (χ1v) is 6.41. The summed E-state index contributed by atoms with van der Waals surface area (Å²) >= 11 is 3.36. The van der Waals surface area contributed by atoms with Crippen LogP contribution in [0, 0.1) is 5.92 Å². The van der Waals surface area contributed by atoms with Gasteiger partial charge in [-0.3, -0.25) is 4.79 Å². The van der Waals surface area contributed by atoms with Gasteiger partial charge >= 0.3 is 0 Å². The second-order valence-electron chi connectivity index (χ2n) is 4.20. The van der Waals surface area contributed by atoms with Gasteiger partial charge in [0.05, 0.1) is 0 Å². The van der Waals surface area contributed by atoms with Gasteiger partial charge in [0, 0.05) is 29.7 Å². The summed E-state index contributed by atoms with van der Waals surface area (Å²) in [6, 6.07) is 7.56. The molecule has 0 N–H and O–H groups in total. The van der Waals surface area contributed by atoms with Crippen LogP contribution in [0.1, 0.15) is 29.6 Å². The highest BCUT2D eigenvalue weighted by Crippen LogP contribution is 2.20. The van der Waals surface area contributed by atoms with Crippen molar-refractivity contribution < 1.29 is 9.53 Å². The van der Waals surface area contributed by atoms with Crippen molar-refractivity contribution in [3.05, 3.63) is 34.3 Å². The number of hydrogen-bond donors (Lipinski definition) is 0. The topological polar surface area (TPSA) is 26.3 Å². The number of carbonyl (C=O) groups is 1. The summed E-state index contributed by atoms with van der Waals surface area (Å²) in [5.41, 5.74) is 0.808. The zero-order valence-corrected chi connectivity index (χ0v) is 10.7. The normalized spacial score (nSPS) is 19.9. The minimum absolute atomic E-state index is 0.236. The quantitative estimate of drug-likeness (QED) is 0.791. The highest BCUT2D eigenvalue weighted by Gasteiger charge is 2.17. The molecular formula is C13H15BrO2. The number of ether oxygens (including phenoxy) is 1. The Morgan fingerprint density at radius 2 is 2.12 bits per heavy atom. The van der Waals surface area contributed by atoms with Crippen LogP contribution in [-0.2, 0) is 4.74 Å². The van der Waals surface area contributed by atoms with E-state index in [1.807, 2.05) is 24.3 Å². The summed E-state index contributed by atoms with van der Waals surface area (Å²) < 4.78 is 6.30. The largest absolute Gasteiger partial charge is 0.381 e. The second-order valence-corrected chi connectivity index (χ2v) is 5.11. The number of benzene rings is 1. The molecule has 1 aromatic rings. The van der Waals surface area contributed by atoms with Gasteiger partial charge in [-0.2, -0.15) is 0 Å². The van der Waals surface area contributed by atoms with Crippen LogP contribution in [0.5, 0.6) is 0 Å². The maximum absolute atomic E-state index is 11.9. The Labute approximate surface area is 104 Å². The molecule has 0 unspecified atom stereocenters. The smallest absolute Gasteiger partial charge is 0.162 e. The summed E-state index contributed by atoms with van der Waals surface area (Å²) in [6.45, 7) is 1.69. The zero-order chi connectivity index (χ0) is 11.4. The number of ketones is 1. The summed E-state index contributed by atoms with van der Waals surface area (Å²) in [5.74, 6) is 0.818. The van der Waals surface area contributed by atoms with Crippen molar-refractivity contribution >= 4 is 21.7 Å². The van der Waals surface area contributed by atoms with Crippen LogP contribution < -0.4 is 0 Å². The first-order valence-electron chi connectivity index (χ1n) is 5.62. The summed E-state index contributed by atoms with van der Waals surface area (Å²) in [5, 5.41) is 0. The lowest BCUT2D eigenvalue weighted by Crippen LogP contribution is -2.05. The van der Waals surface area contributed by atoms with Crippen LogP contribution in [0.4, 0.5) is 0 Å². The van der Waals surface area contributed by atoms with E-state index >= 15 is 0 Å². The van der Waals surface area contributed by atoms with E-state index in [-0.39, 0.29) is 5.78 Å². The Morgan fingerprint density at radius 3 is 2.75 bits per heavy atom. The lowest BCUT2D eigenvalue weighted by molar-refractivity contribution is 0.0971. The molecule has 1 aliphatic heterocycles. The van der Waals surface area contributed by atoms with Crippen molar-refractivity contribution in [3.63, 3.8) is 0 Å². The molecule has 0 aliphatic carbocycles. The molecule has 0 radical (unpaired) electrons. The van der Waals surface area contributed by atoms with E-state index in [1.54, 1.807) is 0 Å². The molecule has 1 aromatic carbocycles. The Morgan fingerprint density at radius 1 is 1.38 bits per heavy atom. The van der Waals surface area contributed by atoms with Crippen molar-refractivity contribution in [2.24, 2.45) is 5.92 Å². The molecule has 1 atom stereocenters. The fraction of sp³-hybridized carbons (Fsp3) is 0.462. The van der Waals surface area contributed by atoms with Gasteiger partial charge in [0.25, 0.3) is 0 Å². The molecule has 86 valence electrons. The van der Waals surface area contributed by atoms with Gasteiger partial charge in [-0.15, -0.1) is 0 Å². The fourth-order valence-electron chi connectivity index (χ4n) is 1.93. The molecule has 0 bridgehead atoms. The molecule has 0 saturated carbocycles. The Hall–Kier alpha value is -0.670. The first-order chi connectivity index (χ1) is 7.75. The highest BCUT2D eigenvalue weighted by atomic mass is 79.9. The Bertz CT molecular complexity index is 353. The summed E-state index contributed by atoms with van der Waals surface area (Å²) in [6.07, 6.45) is 2.69. The minimum Gasteiger partial charge on any atom is -0.381 e. The lowest BCUT2D eigenvalue weighted by Gasteiger charge is -2.06. The highest BCUT2D eigenvalue weighted by molar-refractivity contribution is 9.10. The number of rotatable bonds is 4. The molecule has 1 fully saturated rings. The zero-order valence-electron chi connectivity index (χ0n) is 9.12. The standard InChI is InChI=1S/C13H15BrO2/c14-12-4-2-11(3-5-12)13(15)6-1-10-7-8-16-9-10/h2-5,10H,1,6-9H2/t10-/m0/s1. The van der Waals surface area contributed by atoms with Crippen LogP contribution in [-0.4, -0.2) is 19.0 Å². The van der Waals surface area contributed by atoms with Crippen molar-refractivity contribution in [1.29, 1.82) is 0 Å². The van der Waals surface area contributed by atoms with E-state index < -0.39 is 0 Å². The SMILES string of the molecule is O=C(CC[C@H]1CCOC1)c1ccc(Br)cc1. The molecule has 1 aliphatic rings. The molecule has 16 heavy (non-hydrogen) atoms. The third-order valence-corrected chi connectivity index (χ3v) is 3.50. The van der Waals surface area contributed by atoms with E-state index in [4.69, 9.17) is 4.74 Å². The van der Waals surface area contributed by atoms with Crippen LogP contribution in [0.15, 0.2) is 28.7 Å². The summed E-state index contributed by atoms with van der Waals surface area (Å²) in [7, 11) is 0. The molecule has 1 heterocycles. The van der Waals surface area contributed by atoms with E-state index in [0.717, 1.165) is 36.1 Å². The Balaban J connectivity index is 1.85. The number of carbonyl (C=O) groups excluding carboxylic acids is 1. The predicted octanol–water partition coefficient (Wildman–Crippen LogP) is 3.45. The van der Waals surface area contributed by atoms with Crippen LogP contribution >= 0.6 is 15.9 Å². The van der Waals surface area contributed by atoms with Gasteiger partial charge in [-0.05, 0) is 30.9 Å². The molecular weight excluding hydrogens is 268 g/mol. The average molecular weight is 283 g/mol. The van der Waals surface area contributed by atoms with Gasteiger partial charge in [0.1, 0.15) is 0 Å². The molecule has 1 saturated heterocycles. The van der Waals surface area contributed by atoms with Gasteiger partial charge in [-0.25, -0.2) is 0 Å². The maximum atomic E-state index is 11.9. The van der Waals surface area contributed by atoms with Gasteiger partial charge in [-0.1, -0.05) is 28.1 Å². The number of Topliss-reactive ketones (excluding diaryl/α,β-unsaturated/α-hetero) is 1. The molecule has 3 heteroatoms. The second kappa shape index (κ2) is 5.60. The number of halogens is 1. The molecule has 0 amide bonds. The van der Waals surface area contributed by atoms with Crippen LogP contribution in [0.3, 0.4) is 0 Å². The number of hydrogen-bond acceptors (Lipinski definition) is 2. The van der Waals surface area contributed by atoms with E-state index in [9.17, 15) is 4.79 Å². The maximum Gasteiger partial charge on any atom is 0.162 e. The Kier molecular flexibility index (Phi) is 4.13. The molecule has 2 rings (SSSR count). The monoisotopic (exact) mass is 282 g/mol. The minimum atomic E-state index is 0.236. The van der Waals surface area contributed by atoms with E-state index in [2.05, 4.69) is 15.9 Å². The van der Waals surface area contributed by atoms with Crippen molar-refractivity contribution in [2.45, 2.75) is 19.3 Å². The van der Waals surface area contributed by atoms with Crippen LogP contribution in [0.25, 0.3) is 0 Å². The summed E-state index contributed by atoms with van der Waals surface area (Å²) in [4.78, 5) is 11.9. The molecule has 0 aromatic heterocycles. The average Bonchev–Trinajstić information content (AvgIpc) is 2.80.